The van der Waals surface area contributed by atoms with Crippen LogP contribution in [0.15, 0.2) is 6.33 Å². The number of rotatable bonds is 2. The van der Waals surface area contributed by atoms with Gasteiger partial charge in [-0.25, -0.2) is 9.97 Å². The molecular formula is C11H16N4O3. The number of nitrogen functional groups attached to an aromatic ring is 1. The van der Waals surface area contributed by atoms with E-state index in [9.17, 15) is 5.11 Å². The van der Waals surface area contributed by atoms with Crippen LogP contribution >= 0.6 is 0 Å². The van der Waals surface area contributed by atoms with Crippen LogP contribution in [0.1, 0.15) is 12.0 Å². The number of ether oxygens (including phenoxy) is 1. The maximum atomic E-state index is 9.99. The summed E-state index contributed by atoms with van der Waals surface area (Å²) in [4.78, 5) is 10.1. The van der Waals surface area contributed by atoms with Crippen molar-refractivity contribution in [1.29, 1.82) is 0 Å². The van der Waals surface area contributed by atoms with Crippen molar-refractivity contribution in [2.24, 2.45) is 0 Å². The van der Waals surface area contributed by atoms with E-state index in [1.165, 1.54) is 6.33 Å². The number of nitrogens with zero attached hydrogens (tertiary/aromatic N) is 3. The summed E-state index contributed by atoms with van der Waals surface area (Å²) in [5, 5.41) is 19.1. The molecule has 3 heterocycles. The van der Waals surface area contributed by atoms with Crippen LogP contribution in [0.3, 0.4) is 0 Å². The number of nitrogens with two attached hydrogens (primary N) is 1. The molecule has 1 saturated heterocycles. The highest BCUT2D eigenvalue weighted by molar-refractivity contribution is 5.61. The predicted molar refractivity (Wildman–Crippen MR) is 63.9 cm³/mol. The van der Waals surface area contributed by atoms with Gasteiger partial charge in [0.2, 0.25) is 0 Å². The minimum Gasteiger partial charge on any atom is -0.394 e. The fourth-order valence-electron chi connectivity index (χ4n) is 2.62. The Morgan fingerprint density at radius 3 is 3.06 bits per heavy atom. The molecule has 1 aromatic heterocycles. The molecule has 4 N–H and O–H groups in total. The largest absolute Gasteiger partial charge is 0.394 e. The standard InChI is InChI=1S/C11H16N4O3/c12-9-7-1-2-15(10(7)14-5-13-9)11-8(17)3-6(4-16)18-11/h5-6,8,11,16-17H,1-4H2,(H2,12,13,14)/t6-,8+,11+/m0/s1. The van der Waals surface area contributed by atoms with E-state index in [0.717, 1.165) is 17.8 Å². The van der Waals surface area contributed by atoms with Gasteiger partial charge in [0.05, 0.1) is 12.7 Å². The number of aliphatic hydroxyl groups is 2. The third-order valence-corrected chi connectivity index (χ3v) is 3.51. The Morgan fingerprint density at radius 1 is 1.50 bits per heavy atom. The van der Waals surface area contributed by atoms with Crippen LogP contribution in [0.2, 0.25) is 0 Å². The number of aliphatic hydroxyl groups excluding tert-OH is 2. The Morgan fingerprint density at radius 2 is 2.33 bits per heavy atom. The van der Waals surface area contributed by atoms with Gasteiger partial charge >= 0.3 is 0 Å². The van der Waals surface area contributed by atoms with E-state index in [-0.39, 0.29) is 12.7 Å². The molecule has 1 fully saturated rings. The van der Waals surface area contributed by atoms with Crippen LogP contribution < -0.4 is 10.6 Å². The van der Waals surface area contributed by atoms with Crippen molar-refractivity contribution < 1.29 is 14.9 Å². The summed E-state index contributed by atoms with van der Waals surface area (Å²) in [7, 11) is 0. The molecule has 18 heavy (non-hydrogen) atoms. The zero-order valence-corrected chi connectivity index (χ0v) is 9.86. The fourth-order valence-corrected chi connectivity index (χ4v) is 2.62. The summed E-state index contributed by atoms with van der Waals surface area (Å²) in [5.74, 6) is 1.21. The quantitative estimate of drug-likeness (QED) is 0.613. The molecule has 3 rings (SSSR count). The average Bonchev–Trinajstić information content (AvgIpc) is 2.93. The SMILES string of the molecule is Nc1ncnc2c1CCN2[C@@H]1O[C@H](CO)C[C@H]1O. The van der Waals surface area contributed by atoms with Crippen molar-refractivity contribution in [3.8, 4) is 0 Å². The lowest BCUT2D eigenvalue weighted by molar-refractivity contribution is -0.00997. The lowest BCUT2D eigenvalue weighted by Crippen LogP contribution is -2.41. The molecule has 0 spiro atoms. The molecule has 1 aromatic rings. The zero-order valence-electron chi connectivity index (χ0n) is 9.86. The van der Waals surface area contributed by atoms with Crippen molar-refractivity contribution in [3.63, 3.8) is 0 Å². The van der Waals surface area contributed by atoms with E-state index in [2.05, 4.69) is 9.97 Å². The van der Waals surface area contributed by atoms with E-state index in [0.29, 0.717) is 18.8 Å². The minimum atomic E-state index is -0.621. The first-order valence-electron chi connectivity index (χ1n) is 6.01. The highest BCUT2D eigenvalue weighted by Crippen LogP contribution is 2.34. The second kappa shape index (κ2) is 4.34. The fraction of sp³-hybridized carbons (Fsp3) is 0.636. The van der Waals surface area contributed by atoms with E-state index in [1.54, 1.807) is 0 Å². The third kappa shape index (κ3) is 1.71. The molecule has 0 unspecified atom stereocenters. The van der Waals surface area contributed by atoms with Crippen molar-refractivity contribution in [3.05, 3.63) is 11.9 Å². The van der Waals surface area contributed by atoms with Gasteiger partial charge in [-0.05, 0) is 6.42 Å². The van der Waals surface area contributed by atoms with Gasteiger partial charge in [-0.1, -0.05) is 0 Å². The van der Waals surface area contributed by atoms with Gasteiger partial charge in [0, 0.05) is 18.5 Å². The van der Waals surface area contributed by atoms with E-state index in [1.807, 2.05) is 4.90 Å². The monoisotopic (exact) mass is 252 g/mol. The van der Waals surface area contributed by atoms with Crippen LogP contribution in [0.4, 0.5) is 11.6 Å². The number of hydrogen-bond donors (Lipinski definition) is 3. The molecule has 0 amide bonds. The highest BCUT2D eigenvalue weighted by Gasteiger charge is 2.40. The van der Waals surface area contributed by atoms with E-state index < -0.39 is 12.3 Å². The number of aromatic nitrogens is 2. The number of hydrogen-bond acceptors (Lipinski definition) is 7. The van der Waals surface area contributed by atoms with Gasteiger partial charge in [-0.3, -0.25) is 0 Å². The smallest absolute Gasteiger partial charge is 0.158 e. The van der Waals surface area contributed by atoms with Crippen molar-refractivity contribution in [2.75, 3.05) is 23.8 Å². The summed E-state index contributed by atoms with van der Waals surface area (Å²) in [6.07, 6.45) is 1.21. The van der Waals surface area contributed by atoms with Gasteiger partial charge in [0.25, 0.3) is 0 Å². The Balaban J connectivity index is 1.86. The number of fused-ring (bicyclic) bond motifs is 1. The Labute approximate surface area is 104 Å². The highest BCUT2D eigenvalue weighted by atomic mass is 16.5. The average molecular weight is 252 g/mol. The second-order valence-electron chi connectivity index (χ2n) is 4.64. The lowest BCUT2D eigenvalue weighted by atomic mass is 10.2. The van der Waals surface area contributed by atoms with Crippen molar-refractivity contribution in [1.82, 2.24) is 9.97 Å². The molecule has 98 valence electrons. The summed E-state index contributed by atoms with van der Waals surface area (Å²) in [6, 6.07) is 0. The predicted octanol–water partition coefficient (Wildman–Crippen LogP) is -1.11. The summed E-state index contributed by atoms with van der Waals surface area (Å²) in [5.41, 5.74) is 6.70. The van der Waals surface area contributed by atoms with Gasteiger partial charge in [0.1, 0.15) is 24.1 Å². The number of anilines is 2. The zero-order chi connectivity index (χ0) is 12.7. The Bertz CT molecular complexity index is 456. The molecule has 7 nitrogen and oxygen atoms in total. The van der Waals surface area contributed by atoms with Crippen molar-refractivity contribution >= 4 is 11.6 Å². The Hall–Kier alpha value is -1.44. The van der Waals surface area contributed by atoms with Crippen LogP contribution in [0.5, 0.6) is 0 Å². The van der Waals surface area contributed by atoms with Crippen LogP contribution in [-0.2, 0) is 11.2 Å². The lowest BCUT2D eigenvalue weighted by Gasteiger charge is -2.27. The Kier molecular flexibility index (Phi) is 2.81. The molecule has 3 atom stereocenters. The molecule has 2 aliphatic rings. The maximum Gasteiger partial charge on any atom is 0.158 e. The normalized spacial score (nSPS) is 30.8. The topological polar surface area (TPSA) is 105 Å². The van der Waals surface area contributed by atoms with Crippen LogP contribution in [0, 0.1) is 0 Å². The maximum absolute atomic E-state index is 9.99. The first-order valence-corrected chi connectivity index (χ1v) is 6.01. The molecule has 7 heteroatoms. The molecule has 0 aliphatic carbocycles. The molecule has 0 saturated carbocycles. The summed E-state index contributed by atoms with van der Waals surface area (Å²) >= 11 is 0. The molecular weight excluding hydrogens is 236 g/mol. The first kappa shape index (κ1) is 11.6. The second-order valence-corrected chi connectivity index (χ2v) is 4.64. The van der Waals surface area contributed by atoms with Crippen molar-refractivity contribution in [2.45, 2.75) is 31.3 Å². The minimum absolute atomic E-state index is 0.0832. The van der Waals surface area contributed by atoms with Crippen LogP contribution in [-0.4, -0.2) is 51.8 Å². The first-order chi connectivity index (χ1) is 8.70. The molecule has 0 bridgehead atoms. The molecule has 2 aliphatic heterocycles. The summed E-state index contributed by atoms with van der Waals surface area (Å²) < 4.78 is 5.63. The molecule has 0 radical (unpaired) electrons. The molecule has 0 aromatic carbocycles. The van der Waals surface area contributed by atoms with E-state index in [4.69, 9.17) is 15.6 Å². The van der Waals surface area contributed by atoms with Gasteiger partial charge < -0.3 is 25.6 Å². The van der Waals surface area contributed by atoms with Crippen LogP contribution in [0.25, 0.3) is 0 Å². The van der Waals surface area contributed by atoms with E-state index >= 15 is 0 Å². The van der Waals surface area contributed by atoms with Gasteiger partial charge in [-0.2, -0.15) is 0 Å². The van der Waals surface area contributed by atoms with Gasteiger partial charge in [-0.15, -0.1) is 0 Å². The van der Waals surface area contributed by atoms with Gasteiger partial charge in [0.15, 0.2) is 6.23 Å². The summed E-state index contributed by atoms with van der Waals surface area (Å²) in [6.45, 7) is 0.609. The third-order valence-electron chi connectivity index (χ3n) is 3.51.